The van der Waals surface area contributed by atoms with Crippen LogP contribution in [0.1, 0.15) is 18.2 Å². The molecule has 0 N–H and O–H groups in total. The van der Waals surface area contributed by atoms with E-state index in [1.807, 2.05) is 31.2 Å². The summed E-state index contributed by atoms with van der Waals surface area (Å²) in [5, 5.41) is 0. The first-order chi connectivity index (χ1) is 15.5. The molecule has 1 fully saturated rings. The van der Waals surface area contributed by atoms with Gasteiger partial charge in [-0.15, -0.1) is 11.3 Å². The molecular formula is C22H28N2O6S2. The van der Waals surface area contributed by atoms with Crippen LogP contribution in [-0.4, -0.2) is 75.6 Å². The number of sulfonamides is 1. The summed E-state index contributed by atoms with van der Waals surface area (Å²) in [6, 6.07) is 10.8. The third-order valence-electron chi connectivity index (χ3n) is 5.36. The summed E-state index contributed by atoms with van der Waals surface area (Å²) in [5.74, 6) is 1.35. The monoisotopic (exact) mass is 480 g/mol. The Hall–Kier alpha value is -2.14. The molecule has 8 nitrogen and oxygen atoms in total. The van der Waals surface area contributed by atoms with Crippen molar-refractivity contribution >= 4 is 27.3 Å². The smallest absolute Gasteiger partial charge is 0.252 e. The van der Waals surface area contributed by atoms with E-state index in [0.717, 1.165) is 22.6 Å². The van der Waals surface area contributed by atoms with Crippen LogP contribution in [0.25, 0.3) is 0 Å². The molecule has 0 unspecified atom stereocenters. The molecule has 1 atom stereocenters. The number of para-hydroxylation sites is 2. The van der Waals surface area contributed by atoms with Gasteiger partial charge in [0.2, 0.25) is 5.91 Å². The van der Waals surface area contributed by atoms with Gasteiger partial charge in [-0.1, -0.05) is 19.1 Å². The van der Waals surface area contributed by atoms with Crippen molar-refractivity contribution < 1.29 is 27.4 Å². The third-order valence-corrected chi connectivity index (χ3v) is 8.82. The standard InChI is InChI=1S/C22H28N2O6S2/c1-2-9-23(15-17-16-29-19-5-3-4-6-20(19)30-17)21(25)14-18-7-8-22(31-18)32(26,27)24-10-12-28-13-11-24/h3-8,17H,2,9-16H2,1H3/t17-/m0/s1. The maximum absolute atomic E-state index is 13.0. The lowest BCUT2D eigenvalue weighted by Crippen LogP contribution is -2.44. The summed E-state index contributed by atoms with van der Waals surface area (Å²) in [6.45, 7) is 4.93. The summed E-state index contributed by atoms with van der Waals surface area (Å²) in [5.41, 5.74) is 0. The molecule has 1 amide bonds. The lowest BCUT2D eigenvalue weighted by molar-refractivity contribution is -0.132. The highest BCUT2D eigenvalue weighted by Crippen LogP contribution is 2.31. The molecule has 0 aliphatic carbocycles. The fourth-order valence-electron chi connectivity index (χ4n) is 3.75. The minimum absolute atomic E-state index is 0.0496. The van der Waals surface area contributed by atoms with Crippen molar-refractivity contribution in [1.29, 1.82) is 0 Å². The number of rotatable bonds is 8. The number of amides is 1. The van der Waals surface area contributed by atoms with Gasteiger partial charge in [0.15, 0.2) is 17.6 Å². The normalized spacial score (nSPS) is 19.0. The Morgan fingerprint density at radius 3 is 2.66 bits per heavy atom. The molecule has 1 aromatic heterocycles. The molecule has 1 aromatic carbocycles. The van der Waals surface area contributed by atoms with E-state index >= 15 is 0 Å². The third kappa shape index (κ3) is 5.25. The Bertz CT molecular complexity index is 1030. The summed E-state index contributed by atoms with van der Waals surface area (Å²) in [4.78, 5) is 15.5. The van der Waals surface area contributed by atoms with E-state index in [1.165, 1.54) is 4.31 Å². The SMILES string of the molecule is CCCN(C[C@H]1COc2ccccc2O1)C(=O)Cc1ccc(S(=O)(=O)N2CCOCC2)s1. The second kappa shape index (κ2) is 10.2. The number of hydrogen-bond donors (Lipinski definition) is 0. The molecule has 2 aliphatic rings. The van der Waals surface area contributed by atoms with Gasteiger partial charge in [-0.05, 0) is 30.7 Å². The summed E-state index contributed by atoms with van der Waals surface area (Å²) < 4.78 is 44.4. The molecule has 10 heteroatoms. The fourth-order valence-corrected chi connectivity index (χ4v) is 6.66. The first kappa shape index (κ1) is 23.0. The highest BCUT2D eigenvalue weighted by molar-refractivity contribution is 7.91. The predicted octanol–water partition coefficient (Wildman–Crippen LogP) is 2.39. The minimum atomic E-state index is -3.55. The van der Waals surface area contributed by atoms with E-state index in [1.54, 1.807) is 17.0 Å². The van der Waals surface area contributed by atoms with Gasteiger partial charge in [0.1, 0.15) is 10.8 Å². The topological polar surface area (TPSA) is 85.4 Å². The van der Waals surface area contributed by atoms with Gasteiger partial charge in [-0.3, -0.25) is 4.79 Å². The van der Waals surface area contributed by atoms with Crippen LogP contribution in [0, 0.1) is 0 Å². The number of nitrogens with zero attached hydrogens (tertiary/aromatic N) is 2. The maximum Gasteiger partial charge on any atom is 0.252 e. The van der Waals surface area contributed by atoms with Gasteiger partial charge in [-0.2, -0.15) is 4.31 Å². The van der Waals surface area contributed by atoms with E-state index in [-0.39, 0.29) is 22.6 Å². The number of carbonyl (C=O) groups is 1. The van der Waals surface area contributed by atoms with Crippen molar-refractivity contribution in [2.75, 3.05) is 46.0 Å². The number of carbonyl (C=O) groups excluding carboxylic acids is 1. The maximum atomic E-state index is 13.0. The number of hydrogen-bond acceptors (Lipinski definition) is 7. The number of ether oxygens (including phenoxy) is 3. The van der Waals surface area contributed by atoms with Crippen LogP contribution in [0.4, 0.5) is 0 Å². The molecule has 1 saturated heterocycles. The van der Waals surface area contributed by atoms with Crippen molar-refractivity contribution in [3.8, 4) is 11.5 Å². The van der Waals surface area contributed by atoms with E-state index in [9.17, 15) is 13.2 Å². The summed E-state index contributed by atoms with van der Waals surface area (Å²) >= 11 is 1.16. The molecule has 2 aliphatic heterocycles. The largest absolute Gasteiger partial charge is 0.486 e. The first-order valence-corrected chi connectivity index (χ1v) is 13.1. The Balaban J connectivity index is 1.39. The second-order valence-electron chi connectivity index (χ2n) is 7.75. The zero-order valence-electron chi connectivity index (χ0n) is 18.1. The van der Waals surface area contributed by atoms with Crippen LogP contribution in [0.2, 0.25) is 0 Å². The van der Waals surface area contributed by atoms with E-state index in [0.29, 0.717) is 57.5 Å². The van der Waals surface area contributed by atoms with Crippen molar-refractivity contribution in [2.45, 2.75) is 30.1 Å². The van der Waals surface area contributed by atoms with Crippen molar-refractivity contribution in [2.24, 2.45) is 0 Å². The molecule has 0 saturated carbocycles. The summed E-state index contributed by atoms with van der Waals surface area (Å²) in [7, 11) is -3.55. The van der Waals surface area contributed by atoms with Crippen LogP contribution in [0.3, 0.4) is 0 Å². The van der Waals surface area contributed by atoms with E-state index in [4.69, 9.17) is 14.2 Å². The minimum Gasteiger partial charge on any atom is -0.486 e. The van der Waals surface area contributed by atoms with Crippen molar-refractivity contribution in [3.05, 3.63) is 41.3 Å². The lowest BCUT2D eigenvalue weighted by atomic mass is 10.2. The molecule has 0 spiro atoms. The van der Waals surface area contributed by atoms with Crippen LogP contribution in [0.15, 0.2) is 40.6 Å². The quantitative estimate of drug-likeness (QED) is 0.577. The number of morpholine rings is 1. The van der Waals surface area contributed by atoms with Gasteiger partial charge in [0.25, 0.3) is 10.0 Å². The van der Waals surface area contributed by atoms with Crippen molar-refractivity contribution in [3.63, 3.8) is 0 Å². The highest BCUT2D eigenvalue weighted by Gasteiger charge is 2.29. The predicted molar refractivity (Wildman–Crippen MR) is 121 cm³/mol. The van der Waals surface area contributed by atoms with Gasteiger partial charge in [-0.25, -0.2) is 8.42 Å². The molecule has 174 valence electrons. The average Bonchev–Trinajstić information content (AvgIpc) is 3.28. The Morgan fingerprint density at radius 2 is 1.91 bits per heavy atom. The van der Waals surface area contributed by atoms with Crippen LogP contribution >= 0.6 is 11.3 Å². The second-order valence-corrected chi connectivity index (χ2v) is 11.1. The molecule has 2 aromatic rings. The molecule has 0 radical (unpaired) electrons. The van der Waals surface area contributed by atoms with Crippen LogP contribution in [-0.2, 0) is 26.0 Å². The molecule has 4 rings (SSSR count). The van der Waals surface area contributed by atoms with E-state index < -0.39 is 10.0 Å². The Kier molecular flexibility index (Phi) is 7.34. The molecular weight excluding hydrogens is 452 g/mol. The lowest BCUT2D eigenvalue weighted by Gasteiger charge is -2.31. The summed E-state index contributed by atoms with van der Waals surface area (Å²) in [6.07, 6.45) is 0.728. The van der Waals surface area contributed by atoms with Crippen LogP contribution in [0.5, 0.6) is 11.5 Å². The zero-order valence-corrected chi connectivity index (χ0v) is 19.7. The zero-order chi connectivity index (χ0) is 22.6. The van der Waals surface area contributed by atoms with Gasteiger partial charge < -0.3 is 19.1 Å². The Morgan fingerprint density at radius 1 is 1.16 bits per heavy atom. The number of fused-ring (bicyclic) bond motifs is 1. The highest BCUT2D eigenvalue weighted by atomic mass is 32.2. The molecule has 0 bridgehead atoms. The van der Waals surface area contributed by atoms with Crippen LogP contribution < -0.4 is 9.47 Å². The van der Waals surface area contributed by atoms with Gasteiger partial charge in [0.05, 0.1) is 26.2 Å². The Labute approximate surface area is 192 Å². The van der Waals surface area contributed by atoms with E-state index in [2.05, 4.69) is 0 Å². The molecule has 32 heavy (non-hydrogen) atoms. The molecule has 3 heterocycles. The number of benzene rings is 1. The fraction of sp³-hybridized carbons (Fsp3) is 0.500. The van der Waals surface area contributed by atoms with Gasteiger partial charge >= 0.3 is 0 Å². The van der Waals surface area contributed by atoms with Gasteiger partial charge in [0, 0.05) is 24.5 Å². The van der Waals surface area contributed by atoms with Crippen molar-refractivity contribution in [1.82, 2.24) is 9.21 Å². The average molecular weight is 481 g/mol. The first-order valence-electron chi connectivity index (χ1n) is 10.8. The number of thiophene rings is 1.